The van der Waals surface area contributed by atoms with Crippen LogP contribution in [0.3, 0.4) is 0 Å². The average Bonchev–Trinajstić information content (AvgIpc) is 2.69. The number of nitrogens with one attached hydrogen (secondary N) is 1. The second kappa shape index (κ2) is 7.13. The Labute approximate surface area is 132 Å². The number of carbonyl (C=O) groups is 1. The third-order valence-electron chi connectivity index (χ3n) is 3.87. The second-order valence-corrected chi connectivity index (χ2v) is 6.97. The molecular formula is C16H28N4O2. The van der Waals surface area contributed by atoms with Gasteiger partial charge < -0.3 is 19.5 Å². The molecule has 2 rings (SSSR count). The predicted molar refractivity (Wildman–Crippen MR) is 85.5 cm³/mol. The zero-order valence-corrected chi connectivity index (χ0v) is 14.1. The zero-order valence-electron chi connectivity index (χ0n) is 14.1. The third kappa shape index (κ3) is 5.02. The molecule has 0 spiro atoms. The van der Waals surface area contributed by atoms with Gasteiger partial charge in [0.25, 0.3) is 0 Å². The van der Waals surface area contributed by atoms with E-state index < -0.39 is 5.60 Å². The first-order valence-corrected chi connectivity index (χ1v) is 8.01. The van der Waals surface area contributed by atoms with E-state index >= 15 is 0 Å². The van der Waals surface area contributed by atoms with Crippen LogP contribution in [0.2, 0.25) is 0 Å². The van der Waals surface area contributed by atoms with Crippen LogP contribution in [-0.4, -0.2) is 45.3 Å². The minimum Gasteiger partial charge on any atom is -0.444 e. The van der Waals surface area contributed by atoms with Gasteiger partial charge in [-0.25, -0.2) is 9.78 Å². The van der Waals surface area contributed by atoms with Crippen LogP contribution in [0.1, 0.15) is 45.7 Å². The summed E-state index contributed by atoms with van der Waals surface area (Å²) in [4.78, 5) is 18.1. The molecule has 0 radical (unpaired) electrons. The fraction of sp³-hybridized carbons (Fsp3) is 0.750. The molecule has 1 N–H and O–H groups in total. The molecule has 1 aromatic heterocycles. The summed E-state index contributed by atoms with van der Waals surface area (Å²) in [5.41, 5.74) is 0.744. The summed E-state index contributed by atoms with van der Waals surface area (Å²) in [7, 11) is 2.00. The van der Waals surface area contributed by atoms with Gasteiger partial charge in [0.05, 0.1) is 12.0 Å². The van der Waals surface area contributed by atoms with E-state index in [4.69, 9.17) is 4.74 Å². The number of amides is 1. The van der Waals surface area contributed by atoms with Crippen LogP contribution in [-0.2, 0) is 18.3 Å². The number of hydrogen-bond donors (Lipinski definition) is 1. The topological polar surface area (TPSA) is 59.4 Å². The van der Waals surface area contributed by atoms with Crippen molar-refractivity contribution in [1.82, 2.24) is 19.8 Å². The van der Waals surface area contributed by atoms with Gasteiger partial charge in [-0.3, -0.25) is 0 Å². The van der Waals surface area contributed by atoms with E-state index in [1.165, 1.54) is 5.69 Å². The summed E-state index contributed by atoms with van der Waals surface area (Å²) >= 11 is 0. The van der Waals surface area contributed by atoms with Crippen molar-refractivity contribution in [2.75, 3.05) is 13.1 Å². The quantitative estimate of drug-likeness (QED) is 0.931. The van der Waals surface area contributed by atoms with E-state index in [1.807, 2.05) is 49.8 Å². The van der Waals surface area contributed by atoms with Gasteiger partial charge in [0.15, 0.2) is 0 Å². The van der Waals surface area contributed by atoms with Gasteiger partial charge in [-0.15, -0.1) is 0 Å². The summed E-state index contributed by atoms with van der Waals surface area (Å²) in [5, 5.41) is 3.57. The number of ether oxygens (including phenoxy) is 1. The van der Waals surface area contributed by atoms with Crippen molar-refractivity contribution in [3.05, 3.63) is 18.2 Å². The average molecular weight is 308 g/mol. The van der Waals surface area contributed by atoms with E-state index in [-0.39, 0.29) is 6.09 Å². The Kier molecular flexibility index (Phi) is 5.45. The highest BCUT2D eigenvalue weighted by molar-refractivity contribution is 5.68. The second-order valence-electron chi connectivity index (χ2n) is 6.97. The highest BCUT2D eigenvalue weighted by atomic mass is 16.6. The molecule has 1 aliphatic rings. The van der Waals surface area contributed by atoms with Gasteiger partial charge in [-0.05, 0) is 40.0 Å². The molecule has 0 aliphatic carbocycles. The number of aromatic nitrogens is 2. The number of imidazole rings is 1. The first kappa shape index (κ1) is 16.8. The third-order valence-corrected chi connectivity index (χ3v) is 3.87. The molecule has 1 atom stereocenters. The van der Waals surface area contributed by atoms with Crippen LogP contribution in [0.4, 0.5) is 4.79 Å². The molecule has 6 nitrogen and oxygen atoms in total. The number of likely N-dealkylation sites (tertiary alicyclic amines) is 1. The van der Waals surface area contributed by atoms with Gasteiger partial charge in [0.1, 0.15) is 5.60 Å². The molecule has 1 amide bonds. The lowest BCUT2D eigenvalue weighted by molar-refractivity contribution is 0.0256. The first-order chi connectivity index (χ1) is 10.3. The Bertz CT molecular complexity index is 493. The van der Waals surface area contributed by atoms with Crippen molar-refractivity contribution in [2.45, 2.75) is 58.2 Å². The van der Waals surface area contributed by atoms with E-state index in [2.05, 4.69) is 10.3 Å². The molecule has 6 heteroatoms. The van der Waals surface area contributed by atoms with E-state index in [1.54, 1.807) is 0 Å². The molecule has 1 saturated heterocycles. The molecule has 1 aliphatic heterocycles. The normalized spacial score (nSPS) is 19.8. The van der Waals surface area contributed by atoms with Crippen LogP contribution in [0, 0.1) is 0 Å². The molecule has 0 aromatic carbocycles. The summed E-state index contributed by atoms with van der Waals surface area (Å²) in [6.07, 6.45) is 6.54. The Balaban J connectivity index is 1.80. The van der Waals surface area contributed by atoms with Crippen LogP contribution < -0.4 is 5.32 Å². The maximum absolute atomic E-state index is 12.1. The van der Waals surface area contributed by atoms with Gasteiger partial charge >= 0.3 is 6.09 Å². The van der Waals surface area contributed by atoms with E-state index in [9.17, 15) is 4.79 Å². The molecule has 1 fully saturated rings. The minimum absolute atomic E-state index is 0.195. The highest BCUT2D eigenvalue weighted by Crippen LogP contribution is 2.16. The van der Waals surface area contributed by atoms with E-state index in [0.717, 1.165) is 38.9 Å². The van der Waals surface area contributed by atoms with Gasteiger partial charge in [0, 0.05) is 38.9 Å². The lowest BCUT2D eigenvalue weighted by Crippen LogP contribution is -2.38. The Morgan fingerprint density at radius 1 is 1.41 bits per heavy atom. The van der Waals surface area contributed by atoms with Crippen molar-refractivity contribution in [1.29, 1.82) is 0 Å². The van der Waals surface area contributed by atoms with E-state index in [0.29, 0.717) is 6.04 Å². The zero-order chi connectivity index (χ0) is 16.2. The summed E-state index contributed by atoms with van der Waals surface area (Å²) < 4.78 is 7.48. The summed E-state index contributed by atoms with van der Waals surface area (Å²) in [6, 6.07) is 0.433. The minimum atomic E-state index is -0.430. The summed E-state index contributed by atoms with van der Waals surface area (Å²) in [6.45, 7) is 8.05. The number of rotatable bonds is 3. The molecule has 1 unspecified atom stereocenters. The number of carbonyl (C=O) groups excluding carboxylic acids is 1. The molecule has 0 bridgehead atoms. The fourth-order valence-corrected chi connectivity index (χ4v) is 2.61. The molecular weight excluding hydrogens is 280 g/mol. The maximum Gasteiger partial charge on any atom is 0.410 e. The van der Waals surface area contributed by atoms with Crippen LogP contribution in [0.25, 0.3) is 0 Å². The smallest absolute Gasteiger partial charge is 0.410 e. The van der Waals surface area contributed by atoms with Gasteiger partial charge in [0.2, 0.25) is 0 Å². The number of hydrogen-bond acceptors (Lipinski definition) is 4. The van der Waals surface area contributed by atoms with Crippen LogP contribution >= 0.6 is 0 Å². The largest absolute Gasteiger partial charge is 0.444 e. The standard InChI is InChI=1S/C16H28N4O2/c1-16(2,3)22-15(21)20-8-5-6-13(7-9-20)18-11-14-10-17-12-19(14)4/h10,12-13,18H,5-9,11H2,1-4H3. The SMILES string of the molecule is Cn1cncc1CNC1CCCN(C(=O)OC(C)(C)C)CC1. The lowest BCUT2D eigenvalue weighted by Gasteiger charge is -2.26. The summed E-state index contributed by atoms with van der Waals surface area (Å²) in [5.74, 6) is 0. The number of aryl methyl sites for hydroxylation is 1. The monoisotopic (exact) mass is 308 g/mol. The highest BCUT2D eigenvalue weighted by Gasteiger charge is 2.25. The molecule has 2 heterocycles. The van der Waals surface area contributed by atoms with Crippen molar-refractivity contribution in [3.8, 4) is 0 Å². The lowest BCUT2D eigenvalue weighted by atomic mass is 10.1. The van der Waals surface area contributed by atoms with Crippen molar-refractivity contribution < 1.29 is 9.53 Å². The molecule has 0 saturated carbocycles. The van der Waals surface area contributed by atoms with Crippen LogP contribution in [0.15, 0.2) is 12.5 Å². The van der Waals surface area contributed by atoms with Gasteiger partial charge in [-0.2, -0.15) is 0 Å². The fourth-order valence-electron chi connectivity index (χ4n) is 2.61. The molecule has 124 valence electrons. The van der Waals surface area contributed by atoms with Crippen LogP contribution in [0.5, 0.6) is 0 Å². The van der Waals surface area contributed by atoms with Gasteiger partial charge in [-0.1, -0.05) is 0 Å². The number of nitrogens with zero attached hydrogens (tertiary/aromatic N) is 3. The van der Waals surface area contributed by atoms with Crippen molar-refractivity contribution in [2.24, 2.45) is 7.05 Å². The first-order valence-electron chi connectivity index (χ1n) is 8.01. The van der Waals surface area contributed by atoms with Crippen molar-refractivity contribution >= 4 is 6.09 Å². The predicted octanol–water partition coefficient (Wildman–Crippen LogP) is 2.30. The Morgan fingerprint density at radius 2 is 2.18 bits per heavy atom. The maximum atomic E-state index is 12.1. The molecule has 22 heavy (non-hydrogen) atoms. The Hall–Kier alpha value is -1.56. The Morgan fingerprint density at radius 3 is 2.82 bits per heavy atom. The van der Waals surface area contributed by atoms with Crippen molar-refractivity contribution in [3.63, 3.8) is 0 Å². The molecule has 1 aromatic rings.